The Morgan fingerprint density at radius 2 is 1.18 bits per heavy atom. The first kappa shape index (κ1) is 21.5. The minimum absolute atomic E-state index is 0.796. The third-order valence-electron chi connectivity index (χ3n) is 10.9. The summed E-state index contributed by atoms with van der Waals surface area (Å²) in [5.41, 5.74) is 14.4. The van der Waals surface area contributed by atoms with Crippen molar-refractivity contribution in [2.24, 2.45) is 0 Å². The largest absolute Gasteiger partial charge is 0.293 e. The number of hydrogen-bond donors (Lipinski definition) is 0. The van der Waals surface area contributed by atoms with Crippen molar-refractivity contribution in [3.8, 4) is 0 Å². The van der Waals surface area contributed by atoms with E-state index in [1.807, 2.05) is 0 Å². The molecule has 0 saturated carbocycles. The summed E-state index contributed by atoms with van der Waals surface area (Å²) in [6.45, 7) is 15.6. The maximum Gasteiger partial charge on any atom is 0.0585 e. The normalized spacial score (nSPS) is 37.4. The Hall–Kier alpha value is -1.78. The third-order valence-corrected chi connectivity index (χ3v) is 10.9. The number of pyridine rings is 2. The van der Waals surface area contributed by atoms with Gasteiger partial charge in [-0.1, -0.05) is 0 Å². The lowest BCUT2D eigenvalue weighted by Crippen LogP contribution is -2.35. The molecular formula is C30H40N4. The zero-order valence-corrected chi connectivity index (χ0v) is 21.9. The minimum atomic E-state index is 0.796. The topological polar surface area (TPSA) is 32.3 Å². The van der Waals surface area contributed by atoms with Crippen LogP contribution in [0.15, 0.2) is 0 Å². The highest BCUT2D eigenvalue weighted by Gasteiger charge is 2.52. The molecular weight excluding hydrogens is 416 g/mol. The number of aryl methyl sites for hydroxylation is 3. The van der Waals surface area contributed by atoms with E-state index < -0.39 is 0 Å². The van der Waals surface area contributed by atoms with Crippen molar-refractivity contribution in [1.82, 2.24) is 19.8 Å². The molecule has 8 heterocycles. The van der Waals surface area contributed by atoms with E-state index in [9.17, 15) is 0 Å². The third kappa shape index (κ3) is 2.79. The molecule has 6 unspecified atom stereocenters. The molecule has 0 aliphatic carbocycles. The molecule has 2 aromatic rings. The monoisotopic (exact) mass is 456 g/mol. The maximum atomic E-state index is 4.87. The van der Waals surface area contributed by atoms with Crippen LogP contribution in [0.2, 0.25) is 0 Å². The molecule has 0 aromatic carbocycles. The smallest absolute Gasteiger partial charge is 0.0585 e. The van der Waals surface area contributed by atoms with Gasteiger partial charge in [-0.15, -0.1) is 0 Å². The van der Waals surface area contributed by atoms with Gasteiger partial charge >= 0.3 is 0 Å². The van der Waals surface area contributed by atoms with Crippen LogP contribution in [0, 0.1) is 41.5 Å². The van der Waals surface area contributed by atoms with Crippen molar-refractivity contribution in [3.63, 3.8) is 0 Å². The van der Waals surface area contributed by atoms with Gasteiger partial charge in [0.15, 0.2) is 0 Å². The van der Waals surface area contributed by atoms with Gasteiger partial charge in [-0.25, -0.2) is 0 Å². The average Bonchev–Trinajstić information content (AvgIpc) is 3.53. The van der Waals surface area contributed by atoms with Crippen LogP contribution < -0.4 is 0 Å². The fourth-order valence-electron chi connectivity index (χ4n) is 9.05. The molecule has 8 bridgehead atoms. The number of fused-ring (bicyclic) bond motifs is 4. The predicted octanol–water partition coefficient (Wildman–Crippen LogP) is 5.68. The molecule has 34 heavy (non-hydrogen) atoms. The number of hydrogen-bond acceptors (Lipinski definition) is 4. The summed E-state index contributed by atoms with van der Waals surface area (Å²) < 4.78 is 0. The fraction of sp³-hybridized carbons (Fsp3) is 0.667. The van der Waals surface area contributed by atoms with Crippen molar-refractivity contribution < 1.29 is 0 Å². The van der Waals surface area contributed by atoms with Crippen LogP contribution in [0.5, 0.6) is 0 Å². The molecule has 4 saturated heterocycles. The molecule has 4 heteroatoms. The van der Waals surface area contributed by atoms with Crippen molar-refractivity contribution in [2.45, 2.75) is 129 Å². The lowest BCUT2D eigenvalue weighted by molar-refractivity contribution is 0.223. The molecule has 4 nitrogen and oxygen atoms in total. The lowest BCUT2D eigenvalue weighted by Gasteiger charge is -2.34. The summed E-state index contributed by atoms with van der Waals surface area (Å²) in [6.07, 6.45) is 8.47. The van der Waals surface area contributed by atoms with Gasteiger partial charge in [0.2, 0.25) is 0 Å². The summed E-state index contributed by atoms with van der Waals surface area (Å²) in [5.74, 6) is 1.59. The highest BCUT2D eigenvalue weighted by molar-refractivity contribution is 5.46. The fourth-order valence-corrected chi connectivity index (χ4v) is 9.05. The van der Waals surface area contributed by atoms with Crippen LogP contribution in [0.3, 0.4) is 0 Å². The van der Waals surface area contributed by atoms with Gasteiger partial charge in [0, 0.05) is 66.2 Å². The van der Waals surface area contributed by atoms with Gasteiger partial charge in [0.1, 0.15) is 0 Å². The van der Waals surface area contributed by atoms with Gasteiger partial charge in [0.25, 0.3) is 0 Å². The van der Waals surface area contributed by atoms with Gasteiger partial charge < -0.3 is 0 Å². The highest BCUT2D eigenvalue weighted by Crippen LogP contribution is 2.53. The highest BCUT2D eigenvalue weighted by atomic mass is 15.3. The summed E-state index contributed by atoms with van der Waals surface area (Å²) in [5, 5.41) is 0. The second-order valence-electron chi connectivity index (χ2n) is 12.2. The van der Waals surface area contributed by atoms with E-state index >= 15 is 0 Å². The van der Waals surface area contributed by atoms with Crippen LogP contribution in [0.25, 0.3) is 0 Å². The Labute approximate surface area is 205 Å². The first-order valence-corrected chi connectivity index (χ1v) is 13.8. The van der Waals surface area contributed by atoms with Crippen LogP contribution in [-0.2, 0) is 13.1 Å². The Kier molecular flexibility index (Phi) is 4.66. The predicted molar refractivity (Wildman–Crippen MR) is 136 cm³/mol. The van der Waals surface area contributed by atoms with Crippen LogP contribution in [0.1, 0.15) is 107 Å². The van der Waals surface area contributed by atoms with Gasteiger partial charge in [-0.3, -0.25) is 19.8 Å². The van der Waals surface area contributed by atoms with Crippen molar-refractivity contribution in [1.29, 1.82) is 0 Å². The summed E-state index contributed by atoms with van der Waals surface area (Å²) in [4.78, 5) is 15.1. The lowest BCUT2D eigenvalue weighted by atomic mass is 9.79. The zero-order valence-electron chi connectivity index (χ0n) is 21.9. The van der Waals surface area contributed by atoms with E-state index in [1.54, 1.807) is 16.7 Å². The van der Waals surface area contributed by atoms with E-state index in [0.29, 0.717) is 0 Å². The van der Waals surface area contributed by atoms with Gasteiger partial charge in [0.05, 0.1) is 5.69 Å². The molecule has 0 spiro atoms. The van der Waals surface area contributed by atoms with Crippen molar-refractivity contribution in [2.75, 3.05) is 0 Å². The van der Waals surface area contributed by atoms with Crippen LogP contribution in [-0.4, -0.2) is 43.9 Å². The first-order chi connectivity index (χ1) is 16.3. The SMILES string of the molecule is Cc1nc(C)c2c(c1C)CN1C3CCC1[C@@H]2C3.Cc1nc2c(c(C)c1C)[C@H]1CC3CCC1N3C2. The molecule has 180 valence electrons. The Bertz CT molecular complexity index is 1190. The maximum absolute atomic E-state index is 4.87. The molecule has 6 aliphatic rings. The van der Waals surface area contributed by atoms with E-state index in [-0.39, 0.29) is 0 Å². The summed E-state index contributed by atoms with van der Waals surface area (Å²) in [7, 11) is 0. The van der Waals surface area contributed by atoms with Crippen LogP contribution in [0.4, 0.5) is 0 Å². The quantitative estimate of drug-likeness (QED) is 0.510. The number of aromatic nitrogens is 2. The molecule has 6 aliphatic heterocycles. The van der Waals surface area contributed by atoms with E-state index in [1.165, 1.54) is 84.5 Å². The standard InChI is InChI=1S/2C15H20N2/c1-8-9(2)16-10(3)15-12-6-11-4-5-14(12)17(11)7-13(8)15;1-8-9(2)15-12-6-11-4-5-14(12)17(11)7-13(15)16-10(8)3/h2*11-12,14H,4-7H2,1-3H3/t2*11?,12-,14?/m00/s1. The Morgan fingerprint density at radius 1 is 0.588 bits per heavy atom. The summed E-state index contributed by atoms with van der Waals surface area (Å²) >= 11 is 0. The van der Waals surface area contributed by atoms with Gasteiger partial charge in [-0.2, -0.15) is 0 Å². The Balaban J connectivity index is 0.000000118. The van der Waals surface area contributed by atoms with Gasteiger partial charge in [-0.05, 0) is 113 Å². The molecule has 2 aromatic heterocycles. The van der Waals surface area contributed by atoms with E-state index in [2.05, 4.69) is 51.3 Å². The molecule has 4 fully saturated rings. The van der Waals surface area contributed by atoms with Crippen molar-refractivity contribution >= 4 is 0 Å². The molecule has 0 amide bonds. The molecule has 8 rings (SSSR count). The van der Waals surface area contributed by atoms with E-state index in [4.69, 9.17) is 9.97 Å². The molecule has 0 radical (unpaired) electrons. The first-order valence-electron chi connectivity index (χ1n) is 13.8. The molecule has 0 N–H and O–H groups in total. The minimum Gasteiger partial charge on any atom is -0.293 e. The average molecular weight is 457 g/mol. The van der Waals surface area contributed by atoms with E-state index in [0.717, 1.165) is 42.5 Å². The number of nitrogens with zero attached hydrogens (tertiary/aromatic N) is 4. The Morgan fingerprint density at radius 3 is 1.85 bits per heavy atom. The molecule has 8 atom stereocenters. The second kappa shape index (κ2) is 7.36. The number of rotatable bonds is 0. The van der Waals surface area contributed by atoms with Crippen LogP contribution >= 0.6 is 0 Å². The summed E-state index contributed by atoms with van der Waals surface area (Å²) in [6, 6.07) is 3.42. The second-order valence-corrected chi connectivity index (χ2v) is 12.2. The van der Waals surface area contributed by atoms with Crippen molar-refractivity contribution in [3.05, 3.63) is 56.2 Å². The zero-order chi connectivity index (χ0) is 23.5.